The highest BCUT2D eigenvalue weighted by atomic mass is 16.2. The average Bonchev–Trinajstić information content (AvgIpc) is 2.85. The predicted molar refractivity (Wildman–Crippen MR) is 71.5 cm³/mol. The maximum atomic E-state index is 12.6. The number of nitrogens with one attached hydrogen (secondary N) is 1. The molecule has 0 aromatic heterocycles. The number of hydrogen-bond acceptors (Lipinski definition) is 2. The molecule has 4 nitrogen and oxygen atoms in total. The Hall–Kier alpha value is -2.10. The van der Waals surface area contributed by atoms with E-state index in [4.69, 9.17) is 0 Å². The molecule has 4 heteroatoms. The lowest BCUT2D eigenvalue weighted by Gasteiger charge is -2.22. The van der Waals surface area contributed by atoms with Gasteiger partial charge >= 0.3 is 6.03 Å². The van der Waals surface area contributed by atoms with Crippen LogP contribution in [0.15, 0.2) is 36.4 Å². The third-order valence-electron chi connectivity index (χ3n) is 3.85. The van der Waals surface area contributed by atoms with Gasteiger partial charge < -0.3 is 5.32 Å². The fourth-order valence-corrected chi connectivity index (χ4v) is 3.00. The summed E-state index contributed by atoms with van der Waals surface area (Å²) in [5.74, 6) is -0.148. The number of benzene rings is 1. The first-order valence-corrected chi connectivity index (χ1v) is 6.41. The van der Waals surface area contributed by atoms with Crippen LogP contribution in [0.3, 0.4) is 0 Å². The number of carbonyl (C=O) groups is 2. The van der Waals surface area contributed by atoms with E-state index in [0.29, 0.717) is 6.42 Å². The minimum atomic E-state index is -0.844. The van der Waals surface area contributed by atoms with Gasteiger partial charge in [-0.15, -0.1) is 0 Å². The maximum absolute atomic E-state index is 12.6. The molecule has 98 valence electrons. The standard InChI is InChI=1S/C15H16N2O2/c1-10(2)9-17-13(18)15(16-14(17)19)8-7-11-5-3-4-6-12(11)15/h3-6H,1,7-9H2,2H3,(H,16,19)/t15-/m1/s1. The predicted octanol–water partition coefficient (Wildman–Crippen LogP) is 1.96. The molecule has 3 amide bonds. The van der Waals surface area contributed by atoms with Gasteiger partial charge in [-0.05, 0) is 30.9 Å². The molecular formula is C15H16N2O2. The summed E-state index contributed by atoms with van der Waals surface area (Å²) >= 11 is 0. The molecule has 0 unspecified atom stereocenters. The highest BCUT2D eigenvalue weighted by molar-refractivity contribution is 6.08. The van der Waals surface area contributed by atoms with Crippen molar-refractivity contribution in [2.45, 2.75) is 25.3 Å². The SMILES string of the molecule is C=C(C)CN1C(=O)N[C@@]2(CCc3ccccc32)C1=O. The fraction of sp³-hybridized carbons (Fsp3) is 0.333. The third-order valence-corrected chi connectivity index (χ3v) is 3.85. The summed E-state index contributed by atoms with van der Waals surface area (Å²) in [4.78, 5) is 26.0. The summed E-state index contributed by atoms with van der Waals surface area (Å²) in [6.45, 7) is 5.87. The molecule has 1 spiro atoms. The lowest BCUT2D eigenvalue weighted by atomic mass is 9.92. The van der Waals surface area contributed by atoms with Crippen molar-refractivity contribution in [3.8, 4) is 0 Å². The first-order valence-electron chi connectivity index (χ1n) is 6.41. The van der Waals surface area contributed by atoms with Crippen molar-refractivity contribution in [3.05, 3.63) is 47.5 Å². The molecule has 1 heterocycles. The lowest BCUT2D eigenvalue weighted by molar-refractivity contribution is -0.131. The molecule has 1 saturated heterocycles. The Kier molecular flexibility index (Phi) is 2.49. The van der Waals surface area contributed by atoms with Crippen LogP contribution in [0.4, 0.5) is 4.79 Å². The Morgan fingerprint density at radius 2 is 2.16 bits per heavy atom. The molecule has 2 aliphatic rings. The minimum absolute atomic E-state index is 0.148. The van der Waals surface area contributed by atoms with Crippen LogP contribution in [0.5, 0.6) is 0 Å². The molecule has 1 fully saturated rings. The monoisotopic (exact) mass is 256 g/mol. The number of rotatable bonds is 2. The molecule has 1 atom stereocenters. The molecule has 1 aliphatic carbocycles. The first-order chi connectivity index (χ1) is 9.04. The topological polar surface area (TPSA) is 49.4 Å². The van der Waals surface area contributed by atoms with E-state index in [9.17, 15) is 9.59 Å². The van der Waals surface area contributed by atoms with Gasteiger partial charge in [0.1, 0.15) is 5.54 Å². The van der Waals surface area contributed by atoms with Crippen molar-refractivity contribution in [2.24, 2.45) is 0 Å². The molecule has 0 radical (unpaired) electrons. The number of aryl methyl sites for hydroxylation is 1. The van der Waals surface area contributed by atoms with Crippen molar-refractivity contribution in [1.29, 1.82) is 0 Å². The summed E-state index contributed by atoms with van der Waals surface area (Å²) in [5.41, 5.74) is 2.04. The van der Waals surface area contributed by atoms with Gasteiger partial charge in [-0.3, -0.25) is 9.69 Å². The average molecular weight is 256 g/mol. The second-order valence-electron chi connectivity index (χ2n) is 5.34. The van der Waals surface area contributed by atoms with E-state index in [2.05, 4.69) is 11.9 Å². The number of imide groups is 1. The van der Waals surface area contributed by atoms with Crippen LogP contribution in [-0.2, 0) is 16.8 Å². The molecular weight excluding hydrogens is 240 g/mol. The van der Waals surface area contributed by atoms with E-state index in [1.807, 2.05) is 31.2 Å². The van der Waals surface area contributed by atoms with E-state index in [1.54, 1.807) is 0 Å². The molecule has 1 aromatic carbocycles. The van der Waals surface area contributed by atoms with E-state index in [-0.39, 0.29) is 18.5 Å². The third kappa shape index (κ3) is 1.59. The number of hydrogen-bond donors (Lipinski definition) is 1. The summed E-state index contributed by atoms with van der Waals surface area (Å²) in [6.07, 6.45) is 1.46. The van der Waals surface area contributed by atoms with Crippen LogP contribution in [0, 0.1) is 0 Å². The largest absolute Gasteiger partial charge is 0.325 e. The molecule has 1 aliphatic heterocycles. The van der Waals surface area contributed by atoms with Crippen molar-refractivity contribution in [1.82, 2.24) is 10.2 Å². The number of amides is 3. The normalized spacial score (nSPS) is 24.8. The highest BCUT2D eigenvalue weighted by Gasteiger charge is 2.54. The maximum Gasteiger partial charge on any atom is 0.325 e. The summed E-state index contributed by atoms with van der Waals surface area (Å²) in [7, 11) is 0. The molecule has 0 saturated carbocycles. The number of nitrogens with zero attached hydrogens (tertiary/aromatic N) is 1. The van der Waals surface area contributed by atoms with Crippen molar-refractivity contribution >= 4 is 11.9 Å². The first kappa shape index (κ1) is 12.0. The highest BCUT2D eigenvalue weighted by Crippen LogP contribution is 2.41. The quantitative estimate of drug-likeness (QED) is 0.649. The molecule has 1 N–H and O–H groups in total. The van der Waals surface area contributed by atoms with Gasteiger partial charge in [0.15, 0.2) is 0 Å². The lowest BCUT2D eigenvalue weighted by Crippen LogP contribution is -2.42. The molecule has 1 aromatic rings. The van der Waals surface area contributed by atoms with E-state index >= 15 is 0 Å². The van der Waals surface area contributed by atoms with Gasteiger partial charge in [-0.25, -0.2) is 4.79 Å². The Labute approximate surface area is 112 Å². The van der Waals surface area contributed by atoms with Crippen molar-refractivity contribution in [2.75, 3.05) is 6.54 Å². The van der Waals surface area contributed by atoms with Crippen LogP contribution < -0.4 is 5.32 Å². The minimum Gasteiger partial charge on any atom is -0.319 e. The zero-order chi connectivity index (χ0) is 13.6. The smallest absolute Gasteiger partial charge is 0.319 e. The molecule has 3 rings (SSSR count). The fourth-order valence-electron chi connectivity index (χ4n) is 3.00. The van der Waals surface area contributed by atoms with Crippen molar-refractivity contribution < 1.29 is 9.59 Å². The second-order valence-corrected chi connectivity index (χ2v) is 5.34. The zero-order valence-corrected chi connectivity index (χ0v) is 10.9. The zero-order valence-electron chi connectivity index (χ0n) is 10.9. The van der Waals surface area contributed by atoms with Crippen LogP contribution in [-0.4, -0.2) is 23.4 Å². The Balaban J connectivity index is 2.02. The number of fused-ring (bicyclic) bond motifs is 2. The van der Waals surface area contributed by atoms with Crippen LogP contribution in [0.25, 0.3) is 0 Å². The van der Waals surface area contributed by atoms with Crippen LogP contribution in [0.2, 0.25) is 0 Å². The van der Waals surface area contributed by atoms with E-state index < -0.39 is 5.54 Å². The Morgan fingerprint density at radius 1 is 1.42 bits per heavy atom. The van der Waals surface area contributed by atoms with Crippen molar-refractivity contribution in [3.63, 3.8) is 0 Å². The Bertz CT molecular complexity index is 594. The summed E-state index contributed by atoms with van der Waals surface area (Å²) < 4.78 is 0. The van der Waals surface area contributed by atoms with Crippen LogP contribution in [0.1, 0.15) is 24.5 Å². The molecule has 19 heavy (non-hydrogen) atoms. The van der Waals surface area contributed by atoms with Gasteiger partial charge in [0.05, 0.1) is 6.54 Å². The summed E-state index contributed by atoms with van der Waals surface area (Å²) in [5, 5.41) is 2.89. The van der Waals surface area contributed by atoms with Gasteiger partial charge in [-0.1, -0.05) is 36.4 Å². The van der Waals surface area contributed by atoms with Gasteiger partial charge in [0.2, 0.25) is 0 Å². The number of urea groups is 1. The van der Waals surface area contributed by atoms with Gasteiger partial charge in [0.25, 0.3) is 5.91 Å². The van der Waals surface area contributed by atoms with E-state index in [0.717, 1.165) is 23.1 Å². The number of carbonyl (C=O) groups excluding carboxylic acids is 2. The van der Waals surface area contributed by atoms with Gasteiger partial charge in [-0.2, -0.15) is 0 Å². The molecule has 0 bridgehead atoms. The summed E-state index contributed by atoms with van der Waals surface area (Å²) in [6, 6.07) is 7.51. The van der Waals surface area contributed by atoms with Gasteiger partial charge in [0, 0.05) is 0 Å². The second kappa shape index (κ2) is 3.95. The van der Waals surface area contributed by atoms with E-state index in [1.165, 1.54) is 4.90 Å². The van der Waals surface area contributed by atoms with Crippen LogP contribution >= 0.6 is 0 Å². The Morgan fingerprint density at radius 3 is 2.89 bits per heavy atom.